The molecule has 0 bridgehead atoms. The lowest BCUT2D eigenvalue weighted by molar-refractivity contribution is 0.197. The Kier molecular flexibility index (Phi) is 27.3. The van der Waals surface area contributed by atoms with Crippen molar-refractivity contribution in [1.29, 1.82) is 10.5 Å². The fraction of sp³-hybridized carbons (Fsp3) is 0.458. The monoisotopic (exact) mass is 974 g/mol. The number of nitriles is 2. The zero-order valence-electron chi connectivity index (χ0n) is 44.0. The van der Waals surface area contributed by atoms with Gasteiger partial charge in [-0.25, -0.2) is 0 Å². The molecule has 0 aromatic heterocycles. The Morgan fingerprint density at radius 3 is 1.13 bits per heavy atom. The van der Waals surface area contributed by atoms with Gasteiger partial charge in [0.25, 0.3) is 0 Å². The number of hydrogen-bond donors (Lipinski definition) is 1. The Bertz CT molecular complexity index is 2270. The maximum absolute atomic E-state index is 8.66. The van der Waals surface area contributed by atoms with Crippen molar-refractivity contribution in [2.24, 2.45) is 5.73 Å². The lowest BCUT2D eigenvalue weighted by Gasteiger charge is -2.33. The van der Waals surface area contributed by atoms with E-state index >= 15 is 0 Å². The fourth-order valence-corrected chi connectivity index (χ4v) is 6.58. The highest BCUT2D eigenvalue weighted by Crippen LogP contribution is 2.29. The van der Waals surface area contributed by atoms with E-state index in [1.54, 1.807) is 6.07 Å². The summed E-state index contributed by atoms with van der Waals surface area (Å²) in [6.45, 7) is 22.6. The van der Waals surface area contributed by atoms with Crippen LogP contribution in [0.5, 0.6) is 0 Å². The van der Waals surface area contributed by atoms with E-state index in [0.29, 0.717) is 13.0 Å². The summed E-state index contributed by atoms with van der Waals surface area (Å²) in [5.41, 5.74) is 18.1. The minimum atomic E-state index is 0. The summed E-state index contributed by atoms with van der Waals surface area (Å²) in [5.74, 6) is 0. The molecule has 0 amide bonds. The molecule has 366 valence electrons. The maximum atomic E-state index is 8.66. The van der Waals surface area contributed by atoms with Crippen LogP contribution in [0.3, 0.4) is 0 Å². The molecule has 0 saturated carbocycles. The largest absolute Gasteiger partial charge is 0.330 e. The van der Waals surface area contributed by atoms with Gasteiger partial charge in [-0.1, -0.05) is 138 Å². The molecule has 0 atom stereocenters. The van der Waals surface area contributed by atoms with Gasteiger partial charge in [-0.2, -0.15) is 10.5 Å². The zero-order valence-corrected chi connectivity index (χ0v) is 45.6. The normalized spacial score (nSPS) is 11.3. The molecule has 0 spiro atoms. The van der Waals surface area contributed by atoms with Crippen molar-refractivity contribution in [3.05, 3.63) is 177 Å². The fourth-order valence-electron chi connectivity index (χ4n) is 6.24. The summed E-state index contributed by atoms with van der Waals surface area (Å²) in [7, 11) is 16.8. The lowest BCUT2D eigenvalue weighted by Crippen LogP contribution is -2.35. The molecule has 0 unspecified atom stereocenters. The van der Waals surface area contributed by atoms with Crippen molar-refractivity contribution >= 4 is 15.9 Å². The molecular formula is C59H88BrN7. The van der Waals surface area contributed by atoms with Gasteiger partial charge in [-0.15, -0.1) is 0 Å². The molecule has 0 aliphatic heterocycles. The van der Waals surface area contributed by atoms with E-state index in [-0.39, 0.29) is 29.6 Å². The van der Waals surface area contributed by atoms with Crippen molar-refractivity contribution in [2.75, 3.05) is 62.9 Å². The molecule has 0 aliphatic rings. The first-order chi connectivity index (χ1) is 30.7. The smallest absolute Gasteiger partial charge is 0.0991 e. The standard InChI is InChI=1S/C13H22N2.C13H18N2.C12H18BrN.C12H19N.C8H7N.CH4/c2*1-13(2,15(3)4)12-7-5-6-11(10-12)8-9-14;1-12(2,14(3)4)11-7-5-6-10(8-11)9-13;1-10-7-6-8-11(9-10)12(2,3)13(4)5;1-7-3-2-4-8(5-7)6-9;/h5-7,10H,8-9,14H2,1-4H3;5-7,10H,8H2,1-4H3;5-8H,9H2,1-4H3;6-9H,1-5H3;2-5H,1H3;1H4. The van der Waals surface area contributed by atoms with Crippen LogP contribution in [0.15, 0.2) is 121 Å². The summed E-state index contributed by atoms with van der Waals surface area (Å²) < 4.78 is 0. The van der Waals surface area contributed by atoms with Crippen LogP contribution in [0.1, 0.15) is 118 Å². The number of aryl methyl sites for hydroxylation is 2. The van der Waals surface area contributed by atoms with Crippen LogP contribution in [0.4, 0.5) is 0 Å². The molecule has 0 heterocycles. The van der Waals surface area contributed by atoms with Gasteiger partial charge in [-0.3, -0.25) is 0 Å². The predicted octanol–water partition coefficient (Wildman–Crippen LogP) is 13.2. The Morgan fingerprint density at radius 1 is 0.478 bits per heavy atom. The van der Waals surface area contributed by atoms with Gasteiger partial charge < -0.3 is 25.3 Å². The Hall–Kier alpha value is -4.64. The Balaban J connectivity index is 0.000000816. The minimum absolute atomic E-state index is 0. The third kappa shape index (κ3) is 20.2. The molecule has 5 aromatic carbocycles. The molecule has 8 heteroatoms. The number of hydrogen-bond acceptors (Lipinski definition) is 7. The van der Waals surface area contributed by atoms with E-state index < -0.39 is 0 Å². The Morgan fingerprint density at radius 2 is 0.806 bits per heavy atom. The van der Waals surface area contributed by atoms with Gasteiger partial charge in [0.2, 0.25) is 0 Å². The van der Waals surface area contributed by atoms with Crippen molar-refractivity contribution in [3.8, 4) is 12.1 Å². The van der Waals surface area contributed by atoms with E-state index in [1.165, 1.54) is 38.9 Å². The summed E-state index contributed by atoms with van der Waals surface area (Å²) >= 11 is 3.48. The number of benzene rings is 5. The average Bonchev–Trinajstić information content (AvgIpc) is 3.27. The van der Waals surface area contributed by atoms with E-state index in [1.807, 2.05) is 37.3 Å². The molecule has 0 aliphatic carbocycles. The second-order valence-electron chi connectivity index (χ2n) is 19.8. The van der Waals surface area contributed by atoms with Gasteiger partial charge in [-0.05, 0) is 195 Å². The molecule has 0 radical (unpaired) electrons. The van der Waals surface area contributed by atoms with E-state index in [2.05, 4.69) is 251 Å². The number of rotatable bonds is 12. The minimum Gasteiger partial charge on any atom is -0.330 e. The van der Waals surface area contributed by atoms with Gasteiger partial charge in [0.1, 0.15) is 0 Å². The van der Waals surface area contributed by atoms with Crippen molar-refractivity contribution < 1.29 is 0 Å². The van der Waals surface area contributed by atoms with Crippen LogP contribution in [-0.4, -0.2) is 82.5 Å². The highest BCUT2D eigenvalue weighted by atomic mass is 79.9. The number of alkyl halides is 1. The maximum Gasteiger partial charge on any atom is 0.0991 e. The van der Waals surface area contributed by atoms with Crippen LogP contribution < -0.4 is 5.73 Å². The number of halogens is 1. The van der Waals surface area contributed by atoms with Gasteiger partial charge >= 0.3 is 0 Å². The third-order valence-corrected chi connectivity index (χ3v) is 13.8. The molecule has 0 saturated heterocycles. The van der Waals surface area contributed by atoms with Crippen LogP contribution >= 0.6 is 15.9 Å². The third-order valence-electron chi connectivity index (χ3n) is 13.1. The van der Waals surface area contributed by atoms with Crippen LogP contribution in [0.2, 0.25) is 0 Å². The predicted molar refractivity (Wildman–Crippen MR) is 295 cm³/mol. The first-order valence-electron chi connectivity index (χ1n) is 22.9. The van der Waals surface area contributed by atoms with Gasteiger partial charge in [0.05, 0.1) is 24.1 Å². The van der Waals surface area contributed by atoms with Crippen molar-refractivity contribution in [1.82, 2.24) is 19.6 Å². The second kappa shape index (κ2) is 29.3. The molecule has 5 rings (SSSR count). The molecule has 2 N–H and O–H groups in total. The zero-order chi connectivity index (χ0) is 50.5. The van der Waals surface area contributed by atoms with E-state index in [9.17, 15) is 0 Å². The van der Waals surface area contributed by atoms with E-state index in [0.717, 1.165) is 28.4 Å². The highest BCUT2D eigenvalue weighted by Gasteiger charge is 2.25. The molecule has 67 heavy (non-hydrogen) atoms. The van der Waals surface area contributed by atoms with Crippen LogP contribution in [0.25, 0.3) is 0 Å². The number of nitrogens with zero attached hydrogens (tertiary/aromatic N) is 6. The van der Waals surface area contributed by atoms with Crippen LogP contribution in [-0.2, 0) is 40.3 Å². The topological polar surface area (TPSA) is 86.6 Å². The average molecular weight is 975 g/mol. The highest BCUT2D eigenvalue weighted by molar-refractivity contribution is 9.08. The number of nitrogens with two attached hydrogens (primary N) is 1. The van der Waals surface area contributed by atoms with Gasteiger partial charge in [0, 0.05) is 27.5 Å². The summed E-state index contributed by atoms with van der Waals surface area (Å²) in [6, 6.07) is 46.1. The Labute approximate surface area is 418 Å². The van der Waals surface area contributed by atoms with Crippen molar-refractivity contribution in [3.63, 3.8) is 0 Å². The summed E-state index contributed by atoms with van der Waals surface area (Å²) in [5, 5.41) is 18.0. The second-order valence-corrected chi connectivity index (χ2v) is 20.3. The molecule has 5 aromatic rings. The molecule has 0 fully saturated rings. The quantitative estimate of drug-likeness (QED) is 0.125. The SMILES string of the molecule is C.CN(C)C(C)(C)c1cccc(CBr)c1.CN(C)C(C)(C)c1cccc(CC#N)c1.CN(C)C(C)(C)c1cccc(CCN)c1.Cc1cccc(C#N)c1.Cc1cccc(C(C)(C)N(C)C)c1. The summed E-state index contributed by atoms with van der Waals surface area (Å²) in [4.78, 5) is 8.88. The first kappa shape index (κ1) is 62.4. The summed E-state index contributed by atoms with van der Waals surface area (Å²) in [6.07, 6.45) is 1.44. The van der Waals surface area contributed by atoms with E-state index in [4.69, 9.17) is 16.3 Å². The van der Waals surface area contributed by atoms with Crippen LogP contribution in [0, 0.1) is 36.5 Å². The first-order valence-corrected chi connectivity index (χ1v) is 24.0. The molecular weight excluding hydrogens is 887 g/mol. The lowest BCUT2D eigenvalue weighted by atomic mass is 9.91. The van der Waals surface area contributed by atoms with Gasteiger partial charge in [0.15, 0.2) is 0 Å². The molecule has 7 nitrogen and oxygen atoms in total. The van der Waals surface area contributed by atoms with Crippen molar-refractivity contribution in [2.45, 2.75) is 117 Å².